The molecule has 33 heavy (non-hydrogen) atoms. The van der Waals surface area contributed by atoms with Crippen LogP contribution in [0.5, 0.6) is 0 Å². The van der Waals surface area contributed by atoms with E-state index < -0.39 is 22.6 Å². The monoisotopic (exact) mass is 484 g/mol. The predicted molar refractivity (Wildman–Crippen MR) is 131 cm³/mol. The number of hydrogen-bond donors (Lipinski definition) is 2. The van der Waals surface area contributed by atoms with Crippen LogP contribution in [-0.4, -0.2) is 30.3 Å². The summed E-state index contributed by atoms with van der Waals surface area (Å²) in [5.74, 6) is 4.30. The normalized spacial score (nSPS) is 46.5. The van der Waals surface area contributed by atoms with Gasteiger partial charge in [0.05, 0.1) is 12.2 Å². The fourth-order valence-electron chi connectivity index (χ4n) is 9.55. The fraction of sp³-hybridized carbons (Fsp3) is 1.00. The third kappa shape index (κ3) is 4.93. The first kappa shape index (κ1) is 25.9. The average molecular weight is 485 g/mol. The van der Waals surface area contributed by atoms with Gasteiger partial charge in [0.2, 0.25) is 0 Å². The largest absolute Gasteiger partial charge is 0.397 e. The standard InChI is InChI=1S/C27H48O5S/c1-17(2)7-6-8-18(3)21-9-10-22-20-16-25(28)24-15-19(32-33(29,30)31)11-13-27(24,5)23(20)12-14-26(21,22)4/h17-25,28H,6-16H2,1-5H3,(H,29,30,31)/t18-,19+,20+,21?,22?,23?,24?,25?,26-,27-/m1/s1. The van der Waals surface area contributed by atoms with Gasteiger partial charge in [0.25, 0.3) is 0 Å². The smallest absolute Gasteiger partial charge is 0.393 e. The van der Waals surface area contributed by atoms with Crippen molar-refractivity contribution in [1.29, 1.82) is 0 Å². The van der Waals surface area contributed by atoms with Crippen LogP contribution in [0.3, 0.4) is 0 Å². The number of aliphatic hydroxyl groups is 1. The van der Waals surface area contributed by atoms with E-state index >= 15 is 0 Å². The van der Waals surface area contributed by atoms with E-state index in [1.54, 1.807) is 0 Å². The van der Waals surface area contributed by atoms with Gasteiger partial charge in [0.15, 0.2) is 0 Å². The van der Waals surface area contributed by atoms with Crippen LogP contribution in [-0.2, 0) is 14.6 Å². The van der Waals surface area contributed by atoms with E-state index in [1.165, 1.54) is 44.9 Å². The molecule has 0 amide bonds. The Morgan fingerprint density at radius 3 is 2.24 bits per heavy atom. The highest BCUT2D eigenvalue weighted by molar-refractivity contribution is 7.80. The van der Waals surface area contributed by atoms with Gasteiger partial charge >= 0.3 is 10.4 Å². The van der Waals surface area contributed by atoms with Crippen LogP contribution in [0.2, 0.25) is 0 Å². The molecule has 0 aliphatic heterocycles. The average Bonchev–Trinajstić information content (AvgIpc) is 3.05. The SMILES string of the molecule is CC(C)CCC[C@@H](C)C1CCC2[C@@H]3CC(O)C4C[C@@H](OS(=O)(=O)O)CC[C@]4(C)C3CC[C@@]21C. The minimum Gasteiger partial charge on any atom is -0.393 e. The summed E-state index contributed by atoms with van der Waals surface area (Å²) < 4.78 is 36.6. The third-order valence-electron chi connectivity index (χ3n) is 11.1. The second-order valence-corrected chi connectivity index (χ2v) is 14.3. The van der Waals surface area contributed by atoms with Crippen LogP contribution in [0.25, 0.3) is 0 Å². The van der Waals surface area contributed by atoms with Crippen LogP contribution >= 0.6 is 0 Å². The van der Waals surface area contributed by atoms with Crippen LogP contribution in [0.15, 0.2) is 0 Å². The lowest BCUT2D eigenvalue weighted by Crippen LogP contribution is -2.58. The Morgan fingerprint density at radius 2 is 1.58 bits per heavy atom. The van der Waals surface area contributed by atoms with Gasteiger partial charge in [-0.2, -0.15) is 8.42 Å². The molecule has 10 atom stereocenters. The van der Waals surface area contributed by atoms with Crippen molar-refractivity contribution in [1.82, 2.24) is 0 Å². The Balaban J connectivity index is 1.48. The Bertz CT molecular complexity index is 796. The summed E-state index contributed by atoms with van der Waals surface area (Å²) in [6, 6.07) is 0. The predicted octanol–water partition coefficient (Wildman–Crippen LogP) is 6.27. The Morgan fingerprint density at radius 1 is 0.909 bits per heavy atom. The van der Waals surface area contributed by atoms with Crippen LogP contribution in [0, 0.1) is 52.3 Å². The summed E-state index contributed by atoms with van der Waals surface area (Å²) >= 11 is 0. The summed E-state index contributed by atoms with van der Waals surface area (Å²) in [4.78, 5) is 0. The minimum absolute atomic E-state index is 0.0315. The molecule has 2 N–H and O–H groups in total. The zero-order valence-electron chi connectivity index (χ0n) is 21.5. The first-order valence-electron chi connectivity index (χ1n) is 13.7. The summed E-state index contributed by atoms with van der Waals surface area (Å²) in [6.07, 6.45) is 11.1. The second kappa shape index (κ2) is 9.37. The van der Waals surface area contributed by atoms with E-state index in [4.69, 9.17) is 8.74 Å². The topological polar surface area (TPSA) is 83.8 Å². The fourth-order valence-corrected chi connectivity index (χ4v) is 10.1. The summed E-state index contributed by atoms with van der Waals surface area (Å²) in [6.45, 7) is 12.1. The molecule has 5 unspecified atom stereocenters. The molecule has 0 saturated heterocycles. The molecule has 4 aliphatic carbocycles. The molecular weight excluding hydrogens is 436 g/mol. The van der Waals surface area contributed by atoms with Gasteiger partial charge in [0, 0.05) is 0 Å². The molecule has 0 aromatic heterocycles. The lowest BCUT2D eigenvalue weighted by molar-refractivity contribution is -0.170. The number of hydrogen-bond acceptors (Lipinski definition) is 4. The van der Waals surface area contributed by atoms with Crippen molar-refractivity contribution in [3.63, 3.8) is 0 Å². The summed E-state index contributed by atoms with van der Waals surface area (Å²) in [5.41, 5.74) is 0.427. The van der Waals surface area contributed by atoms with E-state index in [-0.39, 0.29) is 11.3 Å². The highest BCUT2D eigenvalue weighted by atomic mass is 32.3. The Labute approximate surface area is 202 Å². The van der Waals surface area contributed by atoms with Gasteiger partial charge in [-0.25, -0.2) is 4.18 Å². The Kier molecular flexibility index (Phi) is 7.35. The maximum absolute atomic E-state index is 11.3. The molecule has 4 aliphatic rings. The number of rotatable bonds is 7. The highest BCUT2D eigenvalue weighted by Gasteiger charge is 2.62. The Hall–Kier alpha value is -0.170. The van der Waals surface area contributed by atoms with Crippen molar-refractivity contribution in [2.45, 2.75) is 117 Å². The van der Waals surface area contributed by atoms with Crippen molar-refractivity contribution >= 4 is 10.4 Å². The lowest BCUT2D eigenvalue weighted by atomic mass is 9.44. The molecule has 0 radical (unpaired) electrons. The molecule has 6 heteroatoms. The maximum atomic E-state index is 11.3. The van der Waals surface area contributed by atoms with E-state index in [9.17, 15) is 13.5 Å². The highest BCUT2D eigenvalue weighted by Crippen LogP contribution is 2.68. The molecule has 5 nitrogen and oxygen atoms in total. The van der Waals surface area contributed by atoms with E-state index in [0.29, 0.717) is 36.0 Å². The molecular formula is C27H48O5S. The summed E-state index contributed by atoms with van der Waals surface area (Å²) in [7, 11) is -4.45. The molecule has 0 aromatic rings. The van der Waals surface area contributed by atoms with Crippen molar-refractivity contribution in [2.24, 2.45) is 52.3 Å². The van der Waals surface area contributed by atoms with Gasteiger partial charge in [-0.3, -0.25) is 4.55 Å². The zero-order chi connectivity index (χ0) is 24.2. The van der Waals surface area contributed by atoms with E-state index in [0.717, 1.165) is 30.6 Å². The van der Waals surface area contributed by atoms with Crippen molar-refractivity contribution < 1.29 is 22.3 Å². The van der Waals surface area contributed by atoms with Gasteiger partial charge in [-0.15, -0.1) is 0 Å². The molecule has 0 heterocycles. The van der Waals surface area contributed by atoms with Crippen molar-refractivity contribution in [2.75, 3.05) is 0 Å². The van der Waals surface area contributed by atoms with Gasteiger partial charge in [-0.1, -0.05) is 53.9 Å². The lowest BCUT2D eigenvalue weighted by Gasteiger charge is -2.62. The minimum atomic E-state index is -4.45. The molecule has 0 aromatic carbocycles. The molecule has 0 spiro atoms. The van der Waals surface area contributed by atoms with Gasteiger partial charge in [0.1, 0.15) is 0 Å². The molecule has 0 bridgehead atoms. The second-order valence-electron chi connectivity index (χ2n) is 13.2. The van der Waals surface area contributed by atoms with Crippen LogP contribution in [0.4, 0.5) is 0 Å². The molecule has 192 valence electrons. The third-order valence-corrected chi connectivity index (χ3v) is 11.6. The van der Waals surface area contributed by atoms with Crippen molar-refractivity contribution in [3.05, 3.63) is 0 Å². The van der Waals surface area contributed by atoms with Gasteiger partial charge < -0.3 is 5.11 Å². The molecule has 4 saturated carbocycles. The zero-order valence-corrected chi connectivity index (χ0v) is 22.3. The quantitative estimate of drug-likeness (QED) is 0.416. The number of aliphatic hydroxyl groups excluding tert-OH is 1. The molecule has 4 rings (SSSR count). The number of fused-ring (bicyclic) bond motifs is 5. The summed E-state index contributed by atoms with van der Waals surface area (Å²) in [5, 5.41) is 11.3. The first-order chi connectivity index (χ1) is 15.3. The van der Waals surface area contributed by atoms with Crippen LogP contribution in [0.1, 0.15) is 105 Å². The molecule has 4 fully saturated rings. The van der Waals surface area contributed by atoms with E-state index in [2.05, 4.69) is 34.6 Å². The maximum Gasteiger partial charge on any atom is 0.397 e. The van der Waals surface area contributed by atoms with Gasteiger partial charge in [-0.05, 0) is 104 Å². The van der Waals surface area contributed by atoms with Crippen molar-refractivity contribution in [3.8, 4) is 0 Å². The van der Waals surface area contributed by atoms with Crippen LogP contribution < -0.4 is 0 Å². The van der Waals surface area contributed by atoms with E-state index in [1.807, 2.05) is 0 Å². The first-order valence-corrected chi connectivity index (χ1v) is 15.1.